The topological polar surface area (TPSA) is 84.0 Å². The molecule has 6 nitrogen and oxygen atoms in total. The summed E-state index contributed by atoms with van der Waals surface area (Å²) in [6, 6.07) is 46.8. The van der Waals surface area contributed by atoms with Gasteiger partial charge in [-0.05, 0) is 193 Å². The van der Waals surface area contributed by atoms with Crippen LogP contribution in [0.2, 0.25) is 0 Å². The molecule has 2 saturated heterocycles. The van der Waals surface area contributed by atoms with E-state index in [0.717, 1.165) is 48.4 Å². The van der Waals surface area contributed by atoms with E-state index in [-0.39, 0.29) is 0 Å². The lowest BCUT2D eigenvalue weighted by molar-refractivity contribution is 0.122. The maximum atomic E-state index is 9.30. The largest absolute Gasteiger partial charge is 0.508 e. The third-order valence-electron chi connectivity index (χ3n) is 15.1. The minimum Gasteiger partial charge on any atom is -0.508 e. The highest BCUT2D eigenvalue weighted by molar-refractivity contribution is 6.18. The third kappa shape index (κ3) is 31.5. The van der Waals surface area contributed by atoms with E-state index in [4.69, 9.17) is 30.5 Å². The Hall–Kier alpha value is -4.33. The molecule has 7 rings (SSSR count). The van der Waals surface area contributed by atoms with Crippen LogP contribution in [0.15, 0.2) is 133 Å². The fourth-order valence-corrected chi connectivity index (χ4v) is 11.1. The molecule has 0 spiro atoms. The molecule has 5 unspecified atom stereocenters. The van der Waals surface area contributed by atoms with Crippen molar-refractivity contribution < 1.29 is 29.2 Å². The van der Waals surface area contributed by atoms with Gasteiger partial charge in [0.05, 0.1) is 31.3 Å². The number of halogens is 1. The van der Waals surface area contributed by atoms with Gasteiger partial charge in [0.25, 0.3) is 0 Å². The van der Waals surface area contributed by atoms with E-state index in [1.54, 1.807) is 19.1 Å². The number of epoxide rings is 2. The van der Waals surface area contributed by atoms with Gasteiger partial charge in [0.2, 0.25) is 0 Å². The zero-order chi connectivity index (χ0) is 60.7. The first-order valence-electron chi connectivity index (χ1n) is 31.8. The third-order valence-corrected chi connectivity index (χ3v) is 15.4. The number of rotatable bonds is 28. The van der Waals surface area contributed by atoms with Gasteiger partial charge in [-0.3, -0.25) is 0 Å². The second-order valence-electron chi connectivity index (χ2n) is 26.9. The zero-order valence-electron chi connectivity index (χ0n) is 54.3. The highest BCUT2D eigenvalue weighted by Gasteiger charge is 2.26. The Labute approximate surface area is 506 Å². The Balaban J connectivity index is 0.000000279. The molecule has 458 valence electrons. The molecule has 0 aromatic heterocycles. The predicted octanol–water partition coefficient (Wildman–Crippen LogP) is 20.7. The van der Waals surface area contributed by atoms with E-state index in [9.17, 15) is 10.2 Å². The number of hydrogen-bond acceptors (Lipinski definition) is 6. The summed E-state index contributed by atoms with van der Waals surface area (Å²) >= 11 is 5.27. The minimum absolute atomic E-state index is 0.323. The number of aliphatic hydroxyl groups excluding tert-OH is 1. The van der Waals surface area contributed by atoms with E-state index in [0.29, 0.717) is 90.3 Å². The molecule has 2 heterocycles. The van der Waals surface area contributed by atoms with Gasteiger partial charge in [-0.25, -0.2) is 0 Å². The van der Waals surface area contributed by atoms with Crippen LogP contribution < -0.4 is 9.47 Å². The van der Waals surface area contributed by atoms with Gasteiger partial charge in [-0.2, -0.15) is 0 Å². The predicted molar refractivity (Wildman–Crippen MR) is 351 cm³/mol. The van der Waals surface area contributed by atoms with E-state index >= 15 is 0 Å². The van der Waals surface area contributed by atoms with Crippen LogP contribution in [0.25, 0.3) is 0 Å². The fraction of sp³-hybridized carbons (Fsp3) is 0.600. The van der Waals surface area contributed by atoms with Gasteiger partial charge in [0.15, 0.2) is 0 Å². The Morgan fingerprint density at radius 1 is 0.402 bits per heavy atom. The number of ether oxygens (including phenoxy) is 4. The van der Waals surface area contributed by atoms with Gasteiger partial charge in [0.1, 0.15) is 36.6 Å². The molecule has 5 atom stereocenters. The molecule has 82 heavy (non-hydrogen) atoms. The summed E-state index contributed by atoms with van der Waals surface area (Å²) in [7, 11) is 0. The number of hydrogen-bond donors (Lipinski definition) is 2. The van der Waals surface area contributed by atoms with Crippen molar-refractivity contribution in [2.75, 3.05) is 32.3 Å². The van der Waals surface area contributed by atoms with Crippen molar-refractivity contribution in [2.45, 2.75) is 211 Å². The van der Waals surface area contributed by atoms with Crippen molar-refractivity contribution in [3.8, 4) is 17.2 Å². The molecule has 2 N–H and O–H groups in total. The van der Waals surface area contributed by atoms with Crippen molar-refractivity contribution in [1.29, 1.82) is 0 Å². The van der Waals surface area contributed by atoms with Crippen LogP contribution in [-0.4, -0.2) is 60.8 Å². The molecule has 5 aromatic rings. The Morgan fingerprint density at radius 3 is 0.963 bits per heavy atom. The molecule has 7 heteroatoms. The van der Waals surface area contributed by atoms with Gasteiger partial charge in [-0.1, -0.05) is 208 Å². The van der Waals surface area contributed by atoms with Crippen LogP contribution in [0.5, 0.6) is 17.2 Å². The number of aromatic hydroxyl groups is 1. The summed E-state index contributed by atoms with van der Waals surface area (Å²) in [6.45, 7) is 41.3. The van der Waals surface area contributed by atoms with Crippen molar-refractivity contribution in [1.82, 2.24) is 0 Å². The maximum absolute atomic E-state index is 9.30. The van der Waals surface area contributed by atoms with Crippen molar-refractivity contribution >= 4 is 11.6 Å². The average Bonchev–Trinajstić information content (AvgIpc) is 4.41. The van der Waals surface area contributed by atoms with Crippen molar-refractivity contribution in [3.05, 3.63) is 161 Å². The molecule has 0 aliphatic carbocycles. The maximum Gasteiger partial charge on any atom is 0.119 e. The first-order valence-corrected chi connectivity index (χ1v) is 32.3. The molecule has 2 aliphatic rings. The summed E-state index contributed by atoms with van der Waals surface area (Å²) in [5.41, 5.74) is 7.17. The summed E-state index contributed by atoms with van der Waals surface area (Å²) in [6.07, 6.45) is 8.95. The molecule has 0 saturated carbocycles. The van der Waals surface area contributed by atoms with Gasteiger partial charge < -0.3 is 29.2 Å². The van der Waals surface area contributed by atoms with Gasteiger partial charge in [0, 0.05) is 0 Å². The normalized spacial score (nSPS) is 15.7. The summed E-state index contributed by atoms with van der Waals surface area (Å²) in [4.78, 5) is 0. The number of alkyl halides is 1. The molecular weight excluding hydrogens is 1030 g/mol. The molecule has 2 aliphatic heterocycles. The Kier molecular flexibility index (Phi) is 34.5. The van der Waals surface area contributed by atoms with Crippen LogP contribution in [-0.2, 0) is 9.47 Å². The summed E-state index contributed by atoms with van der Waals surface area (Å²) < 4.78 is 21.1. The van der Waals surface area contributed by atoms with Crippen LogP contribution in [0, 0.1) is 47.3 Å². The van der Waals surface area contributed by atoms with Crippen LogP contribution in [0.3, 0.4) is 0 Å². The van der Waals surface area contributed by atoms with Gasteiger partial charge in [-0.15, -0.1) is 11.6 Å². The zero-order valence-corrected chi connectivity index (χ0v) is 55.1. The molecule has 0 bridgehead atoms. The lowest BCUT2D eigenvalue weighted by Gasteiger charge is -2.29. The first-order chi connectivity index (χ1) is 38.9. The summed E-state index contributed by atoms with van der Waals surface area (Å²) in [5, 5.41) is 18.5. The van der Waals surface area contributed by atoms with Crippen LogP contribution in [0.1, 0.15) is 220 Å². The molecule has 0 radical (unpaired) electrons. The van der Waals surface area contributed by atoms with Crippen molar-refractivity contribution in [3.63, 3.8) is 0 Å². The van der Waals surface area contributed by atoms with Gasteiger partial charge >= 0.3 is 0 Å². The van der Waals surface area contributed by atoms with E-state index < -0.39 is 6.10 Å². The molecule has 0 amide bonds. The minimum atomic E-state index is -0.427. The van der Waals surface area contributed by atoms with Crippen molar-refractivity contribution in [2.24, 2.45) is 47.3 Å². The highest BCUT2D eigenvalue weighted by Crippen LogP contribution is 2.39. The number of benzene rings is 5. The average molecular weight is 1150 g/mol. The van der Waals surface area contributed by atoms with E-state index in [1.807, 2.05) is 12.1 Å². The quantitative estimate of drug-likeness (QED) is 0.0383. The van der Waals surface area contributed by atoms with Crippen LogP contribution >= 0.6 is 11.6 Å². The van der Waals surface area contributed by atoms with E-state index in [1.165, 1.54) is 72.8 Å². The molecule has 5 aromatic carbocycles. The van der Waals surface area contributed by atoms with E-state index in [2.05, 4.69) is 220 Å². The second kappa shape index (κ2) is 39.3. The Morgan fingerprint density at radius 2 is 0.707 bits per heavy atom. The highest BCUT2D eigenvalue weighted by atomic mass is 35.5. The SMILES string of the molecule is CC(C)C(CC(c1ccccc1)C(C)C)c1ccccc1.CC(C)CC(CC(C)C)c1ccc(O)cc1.CC(C)CC(CC(C)C)c1ccc(OCC(C)O)cc1.CC(C)CC(CC(C)C)c1ccc(OCC2CO2)cc1.ClCC1CO1. The standard InChI is InChI=1S/C21H28.C18H28O2.C18H30O2.C15H24O.C3H5ClO/c1-16(2)20(18-11-7-5-8-12-18)15-21(17(3)4)19-13-9-6-10-14-19;1-13(2)9-16(10-14(3)4)15-5-7-17(8-6-15)19-11-18-12-20-18;1-13(2)10-17(11-14(3)4)16-6-8-18(9-7-16)20-12-15(5)19;1-11(2)9-14(10-12(3)4)13-5-7-15(16)8-6-13;4-1-3-2-5-3/h5-14,16-17,20-21H,15H2,1-4H3;5-8,13-14,16,18H,9-12H2,1-4H3;6-9,13-15,17,19H,10-12H2,1-5H3;5-8,11-12,14,16H,9-10H2,1-4H3;3H,1-2H2. The Bertz CT molecular complexity index is 2170. The first kappa shape index (κ1) is 71.9. The fourth-order valence-electron chi connectivity index (χ4n) is 10.9. The molecule has 2 fully saturated rings. The lowest BCUT2D eigenvalue weighted by Crippen LogP contribution is -2.15. The second-order valence-corrected chi connectivity index (χ2v) is 27.2. The summed E-state index contributed by atoms with van der Waals surface area (Å²) in [5.74, 6) is 11.6. The van der Waals surface area contributed by atoms with Crippen LogP contribution in [0.4, 0.5) is 0 Å². The monoisotopic (exact) mass is 1150 g/mol. The number of aliphatic hydroxyl groups is 1. The lowest BCUT2D eigenvalue weighted by atomic mass is 9.75. The smallest absolute Gasteiger partial charge is 0.119 e. The molecular formula is C75H115ClO6. The number of phenols is 1. The number of phenolic OH excluding ortho intramolecular Hbond substituents is 1.